The Morgan fingerprint density at radius 1 is 1.25 bits per heavy atom. The highest BCUT2D eigenvalue weighted by Crippen LogP contribution is 2.29. The second-order valence-electron chi connectivity index (χ2n) is 3.25. The van der Waals surface area contributed by atoms with Crippen molar-refractivity contribution >= 4 is 17.9 Å². The first-order valence-corrected chi connectivity index (χ1v) is 4.42. The molecule has 1 aliphatic carbocycles. The molecule has 0 heterocycles. The molecule has 0 bridgehead atoms. The van der Waals surface area contributed by atoms with Gasteiger partial charge in [0, 0.05) is 6.92 Å². The Balaban J connectivity index is 3.20. The molecule has 0 aromatic heterocycles. The number of rotatable bonds is 3. The fraction of sp³-hybridized carbons (Fsp3) is 0.300. The molecule has 0 amide bonds. The van der Waals surface area contributed by atoms with Crippen LogP contribution < -0.4 is 0 Å². The van der Waals surface area contributed by atoms with E-state index in [2.05, 4.69) is 4.74 Å². The normalized spacial score (nSPS) is 27.4. The van der Waals surface area contributed by atoms with Gasteiger partial charge in [-0.05, 0) is 6.08 Å². The van der Waals surface area contributed by atoms with Crippen LogP contribution in [0.1, 0.15) is 6.92 Å². The third-order valence-electron chi connectivity index (χ3n) is 2.13. The highest BCUT2D eigenvalue weighted by atomic mass is 16.6. The van der Waals surface area contributed by atoms with Crippen LogP contribution in [-0.4, -0.2) is 33.7 Å². The van der Waals surface area contributed by atoms with Crippen molar-refractivity contribution in [2.24, 2.45) is 5.92 Å². The number of carbonyl (C=O) groups is 3. The highest BCUT2D eigenvalue weighted by molar-refractivity contribution is 5.91. The average Bonchev–Trinajstić information content (AvgIpc) is 2.16. The molecule has 0 fully saturated rings. The van der Waals surface area contributed by atoms with E-state index in [4.69, 9.17) is 10.2 Å². The fourth-order valence-corrected chi connectivity index (χ4v) is 1.47. The lowest BCUT2D eigenvalue weighted by Gasteiger charge is -2.31. The van der Waals surface area contributed by atoms with Crippen LogP contribution in [0.4, 0.5) is 0 Å². The Kier molecular flexibility index (Phi) is 3.12. The van der Waals surface area contributed by atoms with Crippen LogP contribution in [0.15, 0.2) is 24.3 Å². The predicted molar refractivity (Wildman–Crippen MR) is 51.5 cm³/mol. The summed E-state index contributed by atoms with van der Waals surface area (Å²) in [7, 11) is 0. The summed E-state index contributed by atoms with van der Waals surface area (Å²) in [5.74, 6) is -5.17. The summed E-state index contributed by atoms with van der Waals surface area (Å²) in [6.45, 7) is 1.02. The van der Waals surface area contributed by atoms with Crippen molar-refractivity contribution in [3.05, 3.63) is 24.3 Å². The van der Waals surface area contributed by atoms with Gasteiger partial charge in [0.25, 0.3) is 0 Å². The first-order valence-electron chi connectivity index (χ1n) is 4.42. The van der Waals surface area contributed by atoms with Gasteiger partial charge in [0.15, 0.2) is 0 Å². The van der Waals surface area contributed by atoms with Crippen LogP contribution >= 0.6 is 0 Å². The predicted octanol–water partition coefficient (Wildman–Crippen LogP) is 0.200. The van der Waals surface area contributed by atoms with Gasteiger partial charge in [-0.1, -0.05) is 18.2 Å². The highest BCUT2D eigenvalue weighted by Gasteiger charge is 2.50. The summed E-state index contributed by atoms with van der Waals surface area (Å²) >= 11 is 0. The van der Waals surface area contributed by atoms with Crippen LogP contribution in [-0.2, 0) is 19.1 Å². The molecule has 6 heteroatoms. The average molecular weight is 226 g/mol. The number of hydrogen-bond donors (Lipinski definition) is 2. The summed E-state index contributed by atoms with van der Waals surface area (Å²) in [5, 5.41) is 17.9. The molecular formula is C10H10O6. The number of aliphatic carboxylic acids is 2. The van der Waals surface area contributed by atoms with Crippen molar-refractivity contribution in [3.8, 4) is 0 Å². The van der Waals surface area contributed by atoms with Gasteiger partial charge in [0.05, 0.1) is 0 Å². The Hall–Kier alpha value is -2.11. The molecule has 2 atom stereocenters. The smallest absolute Gasteiger partial charge is 0.353 e. The molecule has 0 radical (unpaired) electrons. The molecule has 16 heavy (non-hydrogen) atoms. The maximum atomic E-state index is 11.1. The van der Waals surface area contributed by atoms with Crippen molar-refractivity contribution < 1.29 is 29.3 Å². The van der Waals surface area contributed by atoms with E-state index in [-0.39, 0.29) is 0 Å². The summed E-state index contributed by atoms with van der Waals surface area (Å²) in [6.07, 6.45) is 4.94. The second-order valence-corrected chi connectivity index (χ2v) is 3.25. The molecule has 1 rings (SSSR count). The zero-order valence-electron chi connectivity index (χ0n) is 8.41. The topological polar surface area (TPSA) is 101 Å². The van der Waals surface area contributed by atoms with Crippen molar-refractivity contribution in [1.29, 1.82) is 0 Å². The Bertz CT molecular complexity index is 394. The Labute approximate surface area is 90.8 Å². The minimum absolute atomic E-state index is 0.853. The molecule has 6 nitrogen and oxygen atoms in total. The maximum Gasteiger partial charge on any atom is 0.353 e. The number of ether oxygens (including phenoxy) is 1. The van der Waals surface area contributed by atoms with E-state index in [0.29, 0.717) is 0 Å². The van der Waals surface area contributed by atoms with E-state index in [1.54, 1.807) is 0 Å². The van der Waals surface area contributed by atoms with Crippen molar-refractivity contribution in [2.45, 2.75) is 12.5 Å². The van der Waals surface area contributed by atoms with E-state index in [1.165, 1.54) is 18.2 Å². The van der Waals surface area contributed by atoms with E-state index in [9.17, 15) is 14.4 Å². The van der Waals surface area contributed by atoms with Gasteiger partial charge in [-0.2, -0.15) is 0 Å². The number of carbonyl (C=O) groups excluding carboxylic acids is 1. The molecule has 2 N–H and O–H groups in total. The van der Waals surface area contributed by atoms with Crippen LogP contribution in [0.5, 0.6) is 0 Å². The maximum absolute atomic E-state index is 11.1. The molecule has 2 unspecified atom stereocenters. The van der Waals surface area contributed by atoms with Gasteiger partial charge in [-0.15, -0.1) is 0 Å². The second kappa shape index (κ2) is 4.18. The molecule has 0 aromatic rings. The van der Waals surface area contributed by atoms with Crippen LogP contribution in [0.3, 0.4) is 0 Å². The summed E-state index contributed by atoms with van der Waals surface area (Å²) in [5.41, 5.74) is -2.16. The van der Waals surface area contributed by atoms with Gasteiger partial charge < -0.3 is 14.9 Å². The quantitative estimate of drug-likeness (QED) is 0.666. The number of esters is 1. The zero-order valence-corrected chi connectivity index (χ0v) is 8.41. The fourth-order valence-electron chi connectivity index (χ4n) is 1.47. The summed E-state index contributed by atoms with van der Waals surface area (Å²) in [6, 6.07) is 0. The van der Waals surface area contributed by atoms with Crippen molar-refractivity contribution in [2.75, 3.05) is 0 Å². The van der Waals surface area contributed by atoms with E-state index >= 15 is 0 Å². The van der Waals surface area contributed by atoms with E-state index in [0.717, 1.165) is 13.0 Å². The minimum atomic E-state index is -2.16. The standard InChI is InChI=1S/C10H10O6/c1-6(11)16-10(9(14)15)5-3-2-4-7(10)8(12)13/h2-5,7H,1H3,(H,12,13)(H,14,15). The molecule has 1 aliphatic rings. The molecule has 0 aliphatic heterocycles. The molecule has 0 saturated heterocycles. The SMILES string of the molecule is CC(=O)OC1(C(=O)O)C=CC=CC1C(=O)O. The van der Waals surface area contributed by atoms with Gasteiger partial charge in [-0.25, -0.2) is 4.79 Å². The van der Waals surface area contributed by atoms with Crippen LogP contribution in [0, 0.1) is 5.92 Å². The summed E-state index contributed by atoms with van der Waals surface area (Å²) < 4.78 is 4.66. The third kappa shape index (κ3) is 1.95. The van der Waals surface area contributed by atoms with Gasteiger partial charge in [0.1, 0.15) is 5.92 Å². The first-order chi connectivity index (χ1) is 7.40. The first kappa shape index (κ1) is 12.0. The number of allylic oxidation sites excluding steroid dienone is 2. The van der Waals surface area contributed by atoms with Crippen molar-refractivity contribution in [1.82, 2.24) is 0 Å². The minimum Gasteiger partial charge on any atom is -0.481 e. The molecule has 86 valence electrons. The van der Waals surface area contributed by atoms with E-state index in [1.807, 2.05) is 0 Å². The molecular weight excluding hydrogens is 216 g/mol. The molecule has 0 aromatic carbocycles. The van der Waals surface area contributed by atoms with Crippen LogP contribution in [0.2, 0.25) is 0 Å². The van der Waals surface area contributed by atoms with Crippen LogP contribution in [0.25, 0.3) is 0 Å². The van der Waals surface area contributed by atoms with Crippen molar-refractivity contribution in [3.63, 3.8) is 0 Å². The monoisotopic (exact) mass is 226 g/mol. The summed E-state index contributed by atoms with van der Waals surface area (Å²) in [4.78, 5) is 32.9. The van der Waals surface area contributed by atoms with Gasteiger partial charge >= 0.3 is 17.9 Å². The van der Waals surface area contributed by atoms with Gasteiger partial charge in [-0.3, -0.25) is 9.59 Å². The third-order valence-corrected chi connectivity index (χ3v) is 2.13. The lowest BCUT2D eigenvalue weighted by atomic mass is 9.83. The lowest BCUT2D eigenvalue weighted by Crippen LogP contribution is -2.50. The lowest BCUT2D eigenvalue weighted by molar-refractivity contribution is -0.180. The molecule has 0 spiro atoms. The number of carboxylic acids is 2. The van der Waals surface area contributed by atoms with E-state index < -0.39 is 29.4 Å². The Morgan fingerprint density at radius 2 is 1.88 bits per heavy atom. The number of carboxylic acid groups (broad SMARTS) is 2. The zero-order chi connectivity index (χ0) is 12.3. The Morgan fingerprint density at radius 3 is 2.31 bits per heavy atom. The van der Waals surface area contributed by atoms with Gasteiger partial charge in [0.2, 0.25) is 5.60 Å². The number of hydrogen-bond acceptors (Lipinski definition) is 4. The molecule has 0 saturated carbocycles. The largest absolute Gasteiger partial charge is 0.481 e.